The lowest BCUT2D eigenvalue weighted by Crippen LogP contribution is -2.46. The molecule has 3 heterocycles. The van der Waals surface area contributed by atoms with Crippen LogP contribution < -0.4 is 4.74 Å². The molecule has 1 saturated heterocycles. The van der Waals surface area contributed by atoms with E-state index in [1.54, 1.807) is 30.0 Å². The molecule has 1 aromatic carbocycles. The van der Waals surface area contributed by atoms with Crippen molar-refractivity contribution in [1.82, 2.24) is 14.5 Å². The number of aromatic nitrogens is 2. The third-order valence-corrected chi connectivity index (χ3v) is 5.72. The molecule has 160 valence electrons. The van der Waals surface area contributed by atoms with E-state index in [4.69, 9.17) is 4.74 Å². The number of alkyl halides is 3. The van der Waals surface area contributed by atoms with Gasteiger partial charge in [-0.1, -0.05) is 18.2 Å². The summed E-state index contributed by atoms with van der Waals surface area (Å²) in [6.07, 6.45) is -1.76. The highest BCUT2D eigenvalue weighted by Crippen LogP contribution is 2.35. The molecule has 1 N–H and O–H groups in total. The molecule has 0 aromatic heterocycles. The first-order chi connectivity index (χ1) is 14.3. The predicted octanol–water partition coefficient (Wildman–Crippen LogP) is 4.04. The molecule has 0 amide bonds. The Morgan fingerprint density at radius 3 is 2.57 bits per heavy atom. The number of nitrogens with zero attached hydrogens (tertiary/aromatic N) is 3. The summed E-state index contributed by atoms with van der Waals surface area (Å²) in [6, 6.07) is 12.2. The number of likely N-dealkylation sites (tertiary alicyclic amines) is 1. The minimum absolute atomic E-state index is 0.209. The number of benzene rings is 1. The maximum atomic E-state index is 13.0. The van der Waals surface area contributed by atoms with Crippen molar-refractivity contribution >= 4 is 0 Å². The summed E-state index contributed by atoms with van der Waals surface area (Å²) in [5.41, 5.74) is -0.392. The smallest absolute Gasteiger partial charge is 0.433 e. The number of ether oxygens (including phenoxy) is 1. The van der Waals surface area contributed by atoms with Gasteiger partial charge in [-0.3, -0.25) is 4.90 Å². The third-order valence-electron chi connectivity index (χ3n) is 5.72. The summed E-state index contributed by atoms with van der Waals surface area (Å²) in [6.45, 7) is 2.31. The summed E-state index contributed by atoms with van der Waals surface area (Å²) >= 11 is 0. The van der Waals surface area contributed by atoms with Gasteiger partial charge in [0.25, 0.3) is 0 Å². The Kier molecular flexibility index (Phi) is 5.46. The maximum Gasteiger partial charge on any atom is 0.433 e. The number of pyridine rings is 1. The largest absolute Gasteiger partial charge is 0.496 e. The van der Waals surface area contributed by atoms with E-state index in [1.807, 2.05) is 24.3 Å². The molecular formula is C22H24F3N3O2. The first kappa shape index (κ1) is 20.7. The molecule has 8 heteroatoms. The Morgan fingerprint density at radius 1 is 1.13 bits per heavy atom. The molecule has 5 nitrogen and oxygen atoms in total. The van der Waals surface area contributed by atoms with Crippen molar-refractivity contribution in [3.63, 3.8) is 0 Å². The van der Waals surface area contributed by atoms with Crippen LogP contribution in [0, 0.1) is 0 Å². The molecule has 30 heavy (non-hydrogen) atoms. The van der Waals surface area contributed by atoms with E-state index in [1.165, 1.54) is 0 Å². The fraction of sp³-hybridized carbons (Fsp3) is 0.409. The number of methoxy groups -OCH3 is 1. The lowest BCUT2D eigenvalue weighted by Gasteiger charge is -2.39. The molecule has 3 aliphatic heterocycles. The molecule has 0 unspecified atom stereocenters. The van der Waals surface area contributed by atoms with Crippen LogP contribution in [-0.2, 0) is 19.3 Å². The van der Waals surface area contributed by atoms with Crippen LogP contribution in [0.25, 0.3) is 11.4 Å². The van der Waals surface area contributed by atoms with Crippen LogP contribution in [0.2, 0.25) is 0 Å². The van der Waals surface area contributed by atoms with Gasteiger partial charge in [0.1, 0.15) is 17.3 Å². The normalized spacial score (nSPS) is 17.4. The Labute approximate surface area is 173 Å². The summed E-state index contributed by atoms with van der Waals surface area (Å²) in [5, 5.41) is 11.1. The SMILES string of the molecule is COc1ccccc1CN1CCC(O)(Cn2cccc3cc(C(F)(F)F)nc2-3)CC1. The second kappa shape index (κ2) is 7.92. The van der Waals surface area contributed by atoms with Crippen molar-refractivity contribution in [2.75, 3.05) is 20.2 Å². The monoisotopic (exact) mass is 419 g/mol. The fourth-order valence-electron chi connectivity index (χ4n) is 4.05. The molecule has 0 radical (unpaired) electrons. The van der Waals surface area contributed by atoms with Crippen LogP contribution in [0.5, 0.6) is 5.75 Å². The Morgan fingerprint density at radius 2 is 1.87 bits per heavy atom. The van der Waals surface area contributed by atoms with E-state index >= 15 is 0 Å². The Bertz CT molecular complexity index is 978. The van der Waals surface area contributed by atoms with Crippen LogP contribution in [0.4, 0.5) is 13.2 Å². The first-order valence-electron chi connectivity index (χ1n) is 9.87. The van der Waals surface area contributed by atoms with E-state index in [9.17, 15) is 18.3 Å². The van der Waals surface area contributed by atoms with Crippen LogP contribution in [0.15, 0.2) is 48.7 Å². The summed E-state index contributed by atoms with van der Waals surface area (Å²) in [4.78, 5) is 6.02. The molecule has 0 spiro atoms. The Balaban J connectivity index is 1.45. The second-order valence-electron chi connectivity index (χ2n) is 7.87. The molecule has 4 rings (SSSR count). The molecule has 0 saturated carbocycles. The van der Waals surface area contributed by atoms with Crippen LogP contribution in [0.1, 0.15) is 24.1 Å². The Hall–Kier alpha value is -2.58. The van der Waals surface area contributed by atoms with Gasteiger partial charge < -0.3 is 14.4 Å². The second-order valence-corrected chi connectivity index (χ2v) is 7.87. The average molecular weight is 419 g/mol. The van der Waals surface area contributed by atoms with E-state index in [0.29, 0.717) is 31.5 Å². The highest BCUT2D eigenvalue weighted by molar-refractivity contribution is 5.59. The first-order valence-corrected chi connectivity index (χ1v) is 9.87. The number of fused-ring (bicyclic) bond motifs is 1. The molecule has 0 atom stereocenters. The lowest BCUT2D eigenvalue weighted by molar-refractivity contribution is -0.140. The van der Waals surface area contributed by atoms with Crippen molar-refractivity contribution in [2.45, 2.75) is 37.7 Å². The van der Waals surface area contributed by atoms with Crippen LogP contribution in [-0.4, -0.2) is 45.4 Å². The minimum atomic E-state index is -4.49. The van der Waals surface area contributed by atoms with Gasteiger partial charge in [-0.05, 0) is 37.1 Å². The highest BCUT2D eigenvalue weighted by atomic mass is 19.4. The number of hydrogen-bond donors (Lipinski definition) is 1. The van der Waals surface area contributed by atoms with E-state index < -0.39 is 17.5 Å². The molecule has 3 aliphatic rings. The van der Waals surface area contributed by atoms with E-state index in [0.717, 1.165) is 23.9 Å². The van der Waals surface area contributed by atoms with Gasteiger partial charge in [0, 0.05) is 37.0 Å². The van der Waals surface area contributed by atoms with Gasteiger partial charge in [0.05, 0.1) is 19.3 Å². The lowest BCUT2D eigenvalue weighted by atomic mass is 9.90. The van der Waals surface area contributed by atoms with Crippen molar-refractivity contribution in [1.29, 1.82) is 0 Å². The summed E-state index contributed by atoms with van der Waals surface area (Å²) in [7, 11) is 1.65. The zero-order valence-corrected chi connectivity index (χ0v) is 16.7. The fourth-order valence-corrected chi connectivity index (χ4v) is 4.05. The van der Waals surface area contributed by atoms with Gasteiger partial charge in [0.2, 0.25) is 0 Å². The predicted molar refractivity (Wildman–Crippen MR) is 106 cm³/mol. The van der Waals surface area contributed by atoms with Crippen LogP contribution >= 0.6 is 0 Å². The molecule has 1 fully saturated rings. The zero-order chi connectivity index (χ0) is 21.4. The van der Waals surface area contributed by atoms with Gasteiger partial charge in [-0.2, -0.15) is 13.2 Å². The number of halogens is 3. The molecule has 1 aromatic rings. The zero-order valence-electron chi connectivity index (χ0n) is 16.7. The summed E-state index contributed by atoms with van der Waals surface area (Å²) < 4.78 is 46.1. The van der Waals surface area contributed by atoms with Crippen LogP contribution in [0.3, 0.4) is 0 Å². The number of hydrogen-bond acceptors (Lipinski definition) is 4. The average Bonchev–Trinajstić information content (AvgIpc) is 3.16. The van der Waals surface area contributed by atoms with E-state index in [-0.39, 0.29) is 12.4 Å². The summed E-state index contributed by atoms with van der Waals surface area (Å²) in [5.74, 6) is 1.08. The van der Waals surface area contributed by atoms with Gasteiger partial charge >= 0.3 is 6.18 Å². The van der Waals surface area contributed by atoms with Crippen molar-refractivity contribution in [3.8, 4) is 17.1 Å². The molecule has 0 aliphatic carbocycles. The number of rotatable bonds is 5. The van der Waals surface area contributed by atoms with Crippen molar-refractivity contribution < 1.29 is 23.0 Å². The molecule has 0 bridgehead atoms. The van der Waals surface area contributed by atoms with Gasteiger partial charge in [0.15, 0.2) is 0 Å². The van der Waals surface area contributed by atoms with Gasteiger partial charge in [-0.15, -0.1) is 0 Å². The van der Waals surface area contributed by atoms with Crippen molar-refractivity contribution in [3.05, 3.63) is 59.9 Å². The van der Waals surface area contributed by atoms with E-state index in [2.05, 4.69) is 9.88 Å². The third kappa shape index (κ3) is 4.29. The van der Waals surface area contributed by atoms with Gasteiger partial charge in [-0.25, -0.2) is 4.98 Å². The number of piperidine rings is 1. The minimum Gasteiger partial charge on any atom is -0.496 e. The standard InChI is InChI=1S/C22H24F3N3O2/c1-30-18-7-3-2-5-17(18)14-27-11-8-21(29,9-12-27)15-28-10-4-6-16-13-19(22(23,24)25)26-20(16)28/h2-7,10,13,29H,8-9,11-12,14-15H2,1H3. The topological polar surface area (TPSA) is 50.5 Å². The maximum absolute atomic E-state index is 13.0. The number of aliphatic hydroxyl groups is 1. The van der Waals surface area contributed by atoms with Crippen molar-refractivity contribution in [2.24, 2.45) is 0 Å². The molecular weight excluding hydrogens is 395 g/mol. The highest BCUT2D eigenvalue weighted by Gasteiger charge is 2.37. The number of para-hydroxylation sites is 1. The quantitative estimate of drug-likeness (QED) is 0.678.